The van der Waals surface area contributed by atoms with Gasteiger partial charge in [0.05, 0.1) is 23.9 Å². The van der Waals surface area contributed by atoms with Gasteiger partial charge in [-0.1, -0.05) is 55.4 Å². The average molecular weight is 454 g/mol. The number of unbranched alkanes of at least 4 members (excludes halogenated alkanes) is 1. The number of methoxy groups -OCH3 is 1. The molecule has 2 aromatic rings. The molecule has 1 atom stereocenters. The Kier molecular flexibility index (Phi) is 6.62. The number of ether oxygens (including phenoxy) is 1. The van der Waals surface area contributed by atoms with Gasteiger partial charge in [0.15, 0.2) is 5.17 Å². The van der Waals surface area contributed by atoms with E-state index in [1.807, 2.05) is 48.3 Å². The van der Waals surface area contributed by atoms with Crippen molar-refractivity contribution in [1.82, 2.24) is 4.90 Å². The van der Waals surface area contributed by atoms with Crippen molar-refractivity contribution in [3.63, 3.8) is 0 Å². The maximum atomic E-state index is 13.4. The Morgan fingerprint density at radius 1 is 1.13 bits per heavy atom. The molecule has 2 aromatic carbocycles. The van der Waals surface area contributed by atoms with E-state index in [0.29, 0.717) is 6.54 Å². The van der Waals surface area contributed by atoms with Crippen LogP contribution in [0.15, 0.2) is 68.4 Å². The third-order valence-electron chi connectivity index (χ3n) is 5.42. The Morgan fingerprint density at radius 3 is 2.61 bits per heavy atom. The lowest BCUT2D eigenvalue weighted by molar-refractivity contribution is -0.122. The first kappa shape index (κ1) is 21.8. The summed E-state index contributed by atoms with van der Waals surface area (Å²) in [5, 5.41) is 1.75. The Hall–Kier alpha value is -2.38. The number of amidine groups is 1. The topological polar surface area (TPSA) is 45.1 Å². The average Bonchev–Trinajstić information content (AvgIpc) is 3.28. The van der Waals surface area contributed by atoms with E-state index in [0.717, 1.165) is 49.8 Å². The van der Waals surface area contributed by atoms with E-state index >= 15 is 0 Å². The summed E-state index contributed by atoms with van der Waals surface area (Å²) >= 11 is 3.13. The number of benzene rings is 2. The third-order valence-corrected chi connectivity index (χ3v) is 7.86. The lowest BCUT2D eigenvalue weighted by Gasteiger charge is -2.17. The zero-order valence-electron chi connectivity index (χ0n) is 18.3. The minimum Gasteiger partial charge on any atom is -0.497 e. The van der Waals surface area contributed by atoms with Crippen LogP contribution >= 0.6 is 23.5 Å². The van der Waals surface area contributed by atoms with Gasteiger partial charge in [0.25, 0.3) is 5.91 Å². The molecule has 0 aromatic heterocycles. The molecular weight excluding hydrogens is 426 g/mol. The second-order valence-corrected chi connectivity index (χ2v) is 9.55. The van der Waals surface area contributed by atoms with Crippen LogP contribution in [0.5, 0.6) is 5.75 Å². The SMILES string of the molecule is CCCCN1C(=O)C(=C2Sc3ccc(OC)cc3N2C)SC1=NC(C)c1ccccc1. The van der Waals surface area contributed by atoms with Gasteiger partial charge < -0.3 is 9.64 Å². The summed E-state index contributed by atoms with van der Waals surface area (Å²) in [6.45, 7) is 4.91. The second-order valence-electron chi connectivity index (χ2n) is 7.54. The van der Waals surface area contributed by atoms with Crippen molar-refractivity contribution in [3.8, 4) is 5.75 Å². The first-order valence-electron chi connectivity index (χ1n) is 10.5. The monoisotopic (exact) mass is 453 g/mol. The van der Waals surface area contributed by atoms with Crippen LogP contribution in [0.2, 0.25) is 0 Å². The lowest BCUT2D eigenvalue weighted by Crippen LogP contribution is -2.31. The van der Waals surface area contributed by atoms with Crippen LogP contribution in [-0.2, 0) is 4.79 Å². The van der Waals surface area contributed by atoms with Crippen LogP contribution in [0.3, 0.4) is 0 Å². The fourth-order valence-corrected chi connectivity index (χ4v) is 5.98. The minimum atomic E-state index is -0.0135. The number of aliphatic imine (C=N–C) groups is 1. The molecule has 5 nitrogen and oxygen atoms in total. The number of fused-ring (bicyclic) bond motifs is 1. The van der Waals surface area contributed by atoms with Gasteiger partial charge >= 0.3 is 0 Å². The van der Waals surface area contributed by atoms with Gasteiger partial charge in [-0.25, -0.2) is 0 Å². The number of anilines is 1. The highest BCUT2D eigenvalue weighted by Gasteiger charge is 2.39. The van der Waals surface area contributed by atoms with Crippen molar-refractivity contribution >= 4 is 40.3 Å². The molecule has 31 heavy (non-hydrogen) atoms. The van der Waals surface area contributed by atoms with Crippen LogP contribution in [0.4, 0.5) is 5.69 Å². The van der Waals surface area contributed by atoms with Gasteiger partial charge in [0.2, 0.25) is 0 Å². The molecular formula is C24H27N3O2S2. The minimum absolute atomic E-state index is 0.0135. The van der Waals surface area contributed by atoms with E-state index in [-0.39, 0.29) is 11.9 Å². The van der Waals surface area contributed by atoms with Crippen LogP contribution in [0.25, 0.3) is 0 Å². The fraction of sp³-hybridized carbons (Fsp3) is 0.333. The number of carbonyl (C=O) groups excluding carboxylic acids is 1. The zero-order valence-corrected chi connectivity index (χ0v) is 19.9. The van der Waals surface area contributed by atoms with Gasteiger partial charge in [0, 0.05) is 24.6 Å². The van der Waals surface area contributed by atoms with Crippen LogP contribution in [0.1, 0.15) is 38.3 Å². The molecule has 0 radical (unpaired) electrons. The molecule has 0 aliphatic carbocycles. The van der Waals surface area contributed by atoms with Gasteiger partial charge in [-0.05, 0) is 42.8 Å². The van der Waals surface area contributed by atoms with Gasteiger partial charge in [-0.15, -0.1) is 0 Å². The summed E-state index contributed by atoms with van der Waals surface area (Å²) in [7, 11) is 3.67. The fourth-order valence-electron chi connectivity index (χ4n) is 3.57. The molecule has 2 aliphatic heterocycles. The van der Waals surface area contributed by atoms with Crippen LogP contribution in [-0.4, -0.2) is 36.7 Å². The van der Waals surface area contributed by atoms with Crippen molar-refractivity contribution in [3.05, 3.63) is 64.0 Å². The van der Waals surface area contributed by atoms with E-state index in [1.54, 1.807) is 18.9 Å². The number of hydrogen-bond donors (Lipinski definition) is 0. The summed E-state index contributed by atoms with van der Waals surface area (Å²) in [4.78, 5) is 24.2. The quantitative estimate of drug-likeness (QED) is 0.510. The van der Waals surface area contributed by atoms with Gasteiger partial charge in [-0.3, -0.25) is 14.7 Å². The molecule has 0 bridgehead atoms. The Morgan fingerprint density at radius 2 is 1.90 bits per heavy atom. The molecule has 4 rings (SSSR count). The molecule has 1 fully saturated rings. The molecule has 1 amide bonds. The number of rotatable bonds is 6. The lowest BCUT2D eigenvalue weighted by atomic mass is 10.1. The van der Waals surface area contributed by atoms with E-state index in [9.17, 15) is 4.79 Å². The maximum Gasteiger partial charge on any atom is 0.269 e. The normalized spacial score (nSPS) is 20.5. The molecule has 1 saturated heterocycles. The number of amides is 1. The Balaban J connectivity index is 1.68. The van der Waals surface area contributed by atoms with Crippen molar-refractivity contribution < 1.29 is 9.53 Å². The number of carbonyl (C=O) groups is 1. The first-order valence-corrected chi connectivity index (χ1v) is 12.1. The largest absolute Gasteiger partial charge is 0.497 e. The highest BCUT2D eigenvalue weighted by molar-refractivity contribution is 8.19. The molecule has 0 spiro atoms. The highest BCUT2D eigenvalue weighted by atomic mass is 32.2. The summed E-state index contributed by atoms with van der Waals surface area (Å²) in [6.07, 6.45) is 1.98. The van der Waals surface area contributed by atoms with Crippen LogP contribution < -0.4 is 9.64 Å². The number of nitrogens with zero attached hydrogens (tertiary/aromatic N) is 3. The summed E-state index contributed by atoms with van der Waals surface area (Å²) < 4.78 is 5.38. The Bertz CT molecular complexity index is 1040. The van der Waals surface area contributed by atoms with Crippen molar-refractivity contribution in [2.75, 3.05) is 25.6 Å². The second kappa shape index (κ2) is 9.40. The van der Waals surface area contributed by atoms with Gasteiger partial charge in [-0.2, -0.15) is 0 Å². The standard InChI is InChI=1S/C24H27N3O2S2/c1-5-6-14-27-22(28)21(31-24(27)25-16(2)17-10-8-7-9-11-17)23-26(3)19-15-18(29-4)12-13-20(19)30-23/h7-13,15-16H,5-6,14H2,1-4H3. The summed E-state index contributed by atoms with van der Waals surface area (Å²) in [6, 6.07) is 16.2. The summed E-state index contributed by atoms with van der Waals surface area (Å²) in [5.74, 6) is 0.859. The van der Waals surface area contributed by atoms with E-state index < -0.39 is 0 Å². The van der Waals surface area contributed by atoms with E-state index in [1.165, 1.54) is 11.8 Å². The van der Waals surface area contributed by atoms with Crippen molar-refractivity contribution in [2.45, 2.75) is 37.6 Å². The molecule has 162 valence electrons. The molecule has 1 unspecified atom stereocenters. The van der Waals surface area contributed by atoms with Crippen molar-refractivity contribution in [2.24, 2.45) is 4.99 Å². The molecule has 2 aliphatic rings. The first-order chi connectivity index (χ1) is 15.0. The predicted molar refractivity (Wildman–Crippen MR) is 131 cm³/mol. The van der Waals surface area contributed by atoms with E-state index in [4.69, 9.17) is 9.73 Å². The highest BCUT2D eigenvalue weighted by Crippen LogP contribution is 2.51. The zero-order chi connectivity index (χ0) is 22.0. The number of hydrogen-bond acceptors (Lipinski definition) is 6. The molecule has 7 heteroatoms. The summed E-state index contributed by atoms with van der Waals surface area (Å²) in [5.41, 5.74) is 2.20. The third kappa shape index (κ3) is 4.34. The predicted octanol–water partition coefficient (Wildman–Crippen LogP) is 5.90. The molecule has 2 heterocycles. The smallest absolute Gasteiger partial charge is 0.269 e. The van der Waals surface area contributed by atoms with E-state index in [2.05, 4.69) is 30.9 Å². The van der Waals surface area contributed by atoms with Crippen LogP contribution in [0, 0.1) is 0 Å². The molecule has 0 saturated carbocycles. The van der Waals surface area contributed by atoms with Crippen molar-refractivity contribution in [1.29, 1.82) is 0 Å². The maximum absolute atomic E-state index is 13.4. The molecule has 0 N–H and O–H groups in total. The van der Waals surface area contributed by atoms with Gasteiger partial charge in [0.1, 0.15) is 10.7 Å². The Labute approximate surface area is 192 Å². The number of thioether (sulfide) groups is 2.